The summed E-state index contributed by atoms with van der Waals surface area (Å²) in [5, 5.41) is 17.2. The number of rotatable bonds is 10. The molecule has 0 atom stereocenters. The first-order chi connectivity index (χ1) is 9.24. The molecule has 1 aromatic rings. The fraction of sp³-hybridized carbons (Fsp3) is 0.462. The van der Waals surface area contributed by atoms with Crippen molar-refractivity contribution < 1.29 is 29.2 Å². The Hall–Kier alpha value is -1.63. The van der Waals surface area contributed by atoms with Gasteiger partial charge in [0.2, 0.25) is 0 Å². The van der Waals surface area contributed by atoms with Gasteiger partial charge in [-0.25, -0.2) is 4.79 Å². The second kappa shape index (κ2) is 9.32. The van der Waals surface area contributed by atoms with Crippen LogP contribution < -0.4 is 4.74 Å². The number of carbonyl (C=O) groups is 1. The van der Waals surface area contributed by atoms with Crippen molar-refractivity contribution in [1.29, 1.82) is 0 Å². The Morgan fingerprint density at radius 1 is 0.947 bits per heavy atom. The van der Waals surface area contributed by atoms with Gasteiger partial charge in [-0.1, -0.05) is 0 Å². The van der Waals surface area contributed by atoms with Gasteiger partial charge in [-0.05, 0) is 24.3 Å². The molecule has 2 N–H and O–H groups in total. The Morgan fingerprint density at radius 2 is 1.53 bits per heavy atom. The second-order valence-electron chi connectivity index (χ2n) is 3.63. The molecule has 0 unspecified atom stereocenters. The average Bonchev–Trinajstić information content (AvgIpc) is 2.42. The lowest BCUT2D eigenvalue weighted by molar-refractivity contribution is 0.0247. The number of aliphatic hydroxyl groups excluding tert-OH is 1. The van der Waals surface area contributed by atoms with Crippen LogP contribution in [0.5, 0.6) is 5.75 Å². The van der Waals surface area contributed by atoms with Crippen LogP contribution in [0.4, 0.5) is 0 Å². The van der Waals surface area contributed by atoms with Gasteiger partial charge in [-0.15, -0.1) is 0 Å². The minimum atomic E-state index is -0.960. The Kier molecular flexibility index (Phi) is 7.57. The zero-order chi connectivity index (χ0) is 13.9. The summed E-state index contributed by atoms with van der Waals surface area (Å²) in [6.07, 6.45) is 0. The highest BCUT2D eigenvalue weighted by Crippen LogP contribution is 2.11. The highest BCUT2D eigenvalue weighted by atomic mass is 16.5. The fourth-order valence-electron chi connectivity index (χ4n) is 1.30. The molecule has 0 saturated carbocycles. The molecule has 0 amide bonds. The summed E-state index contributed by atoms with van der Waals surface area (Å²) >= 11 is 0. The molecule has 19 heavy (non-hydrogen) atoms. The van der Waals surface area contributed by atoms with E-state index in [1.165, 1.54) is 12.1 Å². The van der Waals surface area contributed by atoms with Crippen molar-refractivity contribution >= 4 is 5.97 Å². The molecular formula is C13H18O6. The van der Waals surface area contributed by atoms with E-state index in [4.69, 9.17) is 24.4 Å². The van der Waals surface area contributed by atoms with Crippen LogP contribution in [0.1, 0.15) is 10.4 Å². The Bertz CT molecular complexity index is 362. The number of carboxylic acids is 1. The van der Waals surface area contributed by atoms with Crippen molar-refractivity contribution in [1.82, 2.24) is 0 Å². The number of aliphatic hydroxyl groups is 1. The van der Waals surface area contributed by atoms with Gasteiger partial charge in [0.05, 0.1) is 38.6 Å². The minimum absolute atomic E-state index is 0.00937. The molecule has 0 aliphatic carbocycles. The third-order valence-corrected chi connectivity index (χ3v) is 2.21. The lowest BCUT2D eigenvalue weighted by Crippen LogP contribution is -2.12. The van der Waals surface area contributed by atoms with E-state index in [-0.39, 0.29) is 12.2 Å². The first-order valence-electron chi connectivity index (χ1n) is 5.96. The molecule has 0 aliphatic heterocycles. The van der Waals surface area contributed by atoms with E-state index < -0.39 is 5.97 Å². The maximum atomic E-state index is 10.6. The van der Waals surface area contributed by atoms with E-state index in [1.807, 2.05) is 0 Å². The van der Waals surface area contributed by atoms with Crippen LogP contribution in [0.3, 0.4) is 0 Å². The normalized spacial score (nSPS) is 10.4. The minimum Gasteiger partial charge on any atom is -0.491 e. The molecule has 0 aromatic heterocycles. The lowest BCUT2D eigenvalue weighted by Gasteiger charge is -2.07. The quantitative estimate of drug-likeness (QED) is 0.611. The highest BCUT2D eigenvalue weighted by molar-refractivity contribution is 5.87. The van der Waals surface area contributed by atoms with E-state index in [9.17, 15) is 4.79 Å². The van der Waals surface area contributed by atoms with Crippen LogP contribution in [0, 0.1) is 0 Å². The van der Waals surface area contributed by atoms with Crippen molar-refractivity contribution in [3.63, 3.8) is 0 Å². The van der Waals surface area contributed by atoms with Gasteiger partial charge in [0, 0.05) is 0 Å². The summed E-state index contributed by atoms with van der Waals surface area (Å²) in [4.78, 5) is 10.6. The lowest BCUT2D eigenvalue weighted by atomic mass is 10.2. The van der Waals surface area contributed by atoms with Crippen molar-refractivity contribution in [2.75, 3.05) is 39.6 Å². The molecule has 0 fully saturated rings. The van der Waals surface area contributed by atoms with Gasteiger partial charge in [-0.3, -0.25) is 0 Å². The molecular weight excluding hydrogens is 252 g/mol. The van der Waals surface area contributed by atoms with Crippen LogP contribution in [0.25, 0.3) is 0 Å². The Morgan fingerprint density at radius 3 is 2.11 bits per heavy atom. The topological polar surface area (TPSA) is 85.2 Å². The summed E-state index contributed by atoms with van der Waals surface area (Å²) in [7, 11) is 0. The number of benzene rings is 1. The zero-order valence-electron chi connectivity index (χ0n) is 10.6. The predicted octanol–water partition coefficient (Wildman–Crippen LogP) is 0.789. The van der Waals surface area contributed by atoms with Gasteiger partial charge < -0.3 is 24.4 Å². The van der Waals surface area contributed by atoms with Gasteiger partial charge in [-0.2, -0.15) is 0 Å². The number of aromatic carboxylic acids is 1. The molecule has 1 rings (SSSR count). The van der Waals surface area contributed by atoms with Gasteiger partial charge in [0.1, 0.15) is 12.4 Å². The number of ether oxygens (including phenoxy) is 3. The van der Waals surface area contributed by atoms with Crippen LogP contribution >= 0.6 is 0 Å². The largest absolute Gasteiger partial charge is 0.491 e. The number of hydrogen-bond acceptors (Lipinski definition) is 5. The van der Waals surface area contributed by atoms with E-state index >= 15 is 0 Å². The molecule has 0 bridgehead atoms. The molecule has 6 nitrogen and oxygen atoms in total. The van der Waals surface area contributed by atoms with Crippen molar-refractivity contribution in [3.8, 4) is 5.75 Å². The molecule has 106 valence electrons. The second-order valence-corrected chi connectivity index (χ2v) is 3.63. The molecule has 0 spiro atoms. The zero-order valence-corrected chi connectivity index (χ0v) is 10.6. The third-order valence-electron chi connectivity index (χ3n) is 2.21. The first-order valence-corrected chi connectivity index (χ1v) is 5.96. The average molecular weight is 270 g/mol. The summed E-state index contributed by atoms with van der Waals surface area (Å²) in [5.74, 6) is -0.358. The first kappa shape index (κ1) is 15.4. The van der Waals surface area contributed by atoms with Crippen molar-refractivity contribution in [3.05, 3.63) is 29.8 Å². The summed E-state index contributed by atoms with van der Waals surface area (Å²) < 4.78 is 15.6. The summed E-state index contributed by atoms with van der Waals surface area (Å²) in [5.41, 5.74) is 0.227. The molecule has 0 saturated heterocycles. The molecule has 0 heterocycles. The van der Waals surface area contributed by atoms with Crippen LogP contribution in [0.2, 0.25) is 0 Å². The van der Waals surface area contributed by atoms with Crippen molar-refractivity contribution in [2.45, 2.75) is 0 Å². The monoisotopic (exact) mass is 270 g/mol. The highest BCUT2D eigenvalue weighted by Gasteiger charge is 2.01. The summed E-state index contributed by atoms with van der Waals surface area (Å²) in [6.45, 7) is 2.01. The maximum Gasteiger partial charge on any atom is 0.335 e. The van der Waals surface area contributed by atoms with Gasteiger partial charge >= 0.3 is 5.97 Å². The predicted molar refractivity (Wildman–Crippen MR) is 67.6 cm³/mol. The Balaban J connectivity index is 2.07. The van der Waals surface area contributed by atoms with Gasteiger partial charge in [0.25, 0.3) is 0 Å². The smallest absolute Gasteiger partial charge is 0.335 e. The van der Waals surface area contributed by atoms with Crippen LogP contribution in [-0.4, -0.2) is 55.8 Å². The third kappa shape index (κ3) is 6.76. The molecule has 0 radical (unpaired) electrons. The Labute approximate surface area is 111 Å². The van der Waals surface area contributed by atoms with E-state index in [1.54, 1.807) is 12.1 Å². The standard InChI is InChI=1S/C13H18O6/c14-5-6-17-7-8-18-9-10-19-12-3-1-11(2-4-12)13(15)16/h1-4,14H,5-10H2,(H,15,16). The number of carboxylic acid groups (broad SMARTS) is 1. The van der Waals surface area contributed by atoms with E-state index in [2.05, 4.69) is 0 Å². The molecule has 1 aromatic carbocycles. The maximum absolute atomic E-state index is 10.6. The van der Waals surface area contributed by atoms with Crippen molar-refractivity contribution in [2.24, 2.45) is 0 Å². The molecule has 0 aliphatic rings. The molecule has 6 heteroatoms. The number of hydrogen-bond donors (Lipinski definition) is 2. The SMILES string of the molecule is O=C(O)c1ccc(OCCOCCOCCO)cc1. The van der Waals surface area contributed by atoms with E-state index in [0.717, 1.165) is 0 Å². The van der Waals surface area contributed by atoms with Gasteiger partial charge in [0.15, 0.2) is 0 Å². The van der Waals surface area contributed by atoms with E-state index in [0.29, 0.717) is 38.8 Å². The van der Waals surface area contributed by atoms with Crippen LogP contribution in [0.15, 0.2) is 24.3 Å². The van der Waals surface area contributed by atoms with Crippen LogP contribution in [-0.2, 0) is 9.47 Å². The summed E-state index contributed by atoms with van der Waals surface area (Å²) in [6, 6.07) is 6.18. The fourth-order valence-corrected chi connectivity index (χ4v) is 1.30.